The van der Waals surface area contributed by atoms with Crippen molar-refractivity contribution in [1.29, 1.82) is 0 Å². The standard InChI is InChI=1S/C14H15NO3S/c1-9-10(4-12(6-15)19-9)7-16-11-2-3-13-14(5-11)18-8-17-13/h2-5H,6-8,15H2,1H3. The van der Waals surface area contributed by atoms with Gasteiger partial charge in [0, 0.05) is 27.9 Å². The number of hydrogen-bond donors (Lipinski definition) is 1. The molecule has 1 aliphatic heterocycles. The SMILES string of the molecule is Cc1sc(CN)cc1COc1ccc2c(c1)OCO2. The molecule has 1 aromatic heterocycles. The monoisotopic (exact) mass is 277 g/mol. The number of fused-ring (bicyclic) bond motifs is 1. The number of aryl methyl sites for hydroxylation is 1. The number of benzene rings is 1. The van der Waals surface area contributed by atoms with Crippen LogP contribution >= 0.6 is 11.3 Å². The minimum Gasteiger partial charge on any atom is -0.489 e. The van der Waals surface area contributed by atoms with E-state index in [1.165, 1.54) is 15.3 Å². The highest BCUT2D eigenvalue weighted by atomic mass is 32.1. The normalized spacial score (nSPS) is 12.7. The quantitative estimate of drug-likeness (QED) is 0.933. The molecule has 0 saturated heterocycles. The van der Waals surface area contributed by atoms with Crippen molar-refractivity contribution in [3.05, 3.63) is 39.6 Å². The van der Waals surface area contributed by atoms with E-state index in [0.29, 0.717) is 13.2 Å². The molecule has 1 aliphatic rings. The first kappa shape index (κ1) is 12.3. The van der Waals surface area contributed by atoms with Gasteiger partial charge in [0.2, 0.25) is 6.79 Å². The number of thiophene rings is 1. The van der Waals surface area contributed by atoms with E-state index in [9.17, 15) is 0 Å². The van der Waals surface area contributed by atoms with Crippen molar-refractivity contribution in [3.8, 4) is 17.2 Å². The van der Waals surface area contributed by atoms with Gasteiger partial charge in [0.25, 0.3) is 0 Å². The molecule has 0 radical (unpaired) electrons. The molecule has 2 heterocycles. The molecule has 2 N–H and O–H groups in total. The molecule has 0 fully saturated rings. The van der Waals surface area contributed by atoms with E-state index >= 15 is 0 Å². The van der Waals surface area contributed by atoms with Gasteiger partial charge in [-0.05, 0) is 25.1 Å². The Bertz CT molecular complexity index is 594. The first-order valence-corrected chi connectivity index (χ1v) is 6.88. The fourth-order valence-electron chi connectivity index (χ4n) is 1.96. The van der Waals surface area contributed by atoms with E-state index in [4.69, 9.17) is 19.9 Å². The van der Waals surface area contributed by atoms with E-state index in [2.05, 4.69) is 13.0 Å². The van der Waals surface area contributed by atoms with Crippen LogP contribution in [0.2, 0.25) is 0 Å². The molecule has 0 aliphatic carbocycles. The van der Waals surface area contributed by atoms with Crippen LogP contribution in [0.25, 0.3) is 0 Å². The fourth-order valence-corrected chi connectivity index (χ4v) is 2.89. The largest absolute Gasteiger partial charge is 0.489 e. The zero-order valence-electron chi connectivity index (χ0n) is 10.6. The lowest BCUT2D eigenvalue weighted by atomic mass is 10.2. The number of nitrogens with two attached hydrogens (primary N) is 1. The summed E-state index contributed by atoms with van der Waals surface area (Å²) < 4.78 is 16.4. The Morgan fingerprint density at radius 2 is 2.11 bits per heavy atom. The molecule has 0 spiro atoms. The Balaban J connectivity index is 1.70. The molecule has 4 nitrogen and oxygen atoms in total. The molecular weight excluding hydrogens is 262 g/mol. The van der Waals surface area contributed by atoms with Gasteiger partial charge in [-0.3, -0.25) is 0 Å². The van der Waals surface area contributed by atoms with Gasteiger partial charge < -0.3 is 19.9 Å². The van der Waals surface area contributed by atoms with Crippen molar-refractivity contribution < 1.29 is 14.2 Å². The molecule has 0 amide bonds. The van der Waals surface area contributed by atoms with Crippen LogP contribution in [0.3, 0.4) is 0 Å². The molecular formula is C14H15NO3S. The van der Waals surface area contributed by atoms with Gasteiger partial charge in [-0.1, -0.05) is 0 Å². The van der Waals surface area contributed by atoms with Crippen LogP contribution in [0.5, 0.6) is 17.2 Å². The van der Waals surface area contributed by atoms with E-state index in [0.717, 1.165) is 17.2 Å². The summed E-state index contributed by atoms with van der Waals surface area (Å²) in [5.74, 6) is 2.29. The molecule has 0 saturated carbocycles. The van der Waals surface area contributed by atoms with Crippen LogP contribution in [0.15, 0.2) is 24.3 Å². The third kappa shape index (κ3) is 2.52. The van der Waals surface area contributed by atoms with Crippen molar-refractivity contribution in [1.82, 2.24) is 0 Å². The third-order valence-corrected chi connectivity index (χ3v) is 4.13. The summed E-state index contributed by atoms with van der Waals surface area (Å²) in [6, 6.07) is 7.71. The Morgan fingerprint density at radius 1 is 1.26 bits per heavy atom. The second kappa shape index (κ2) is 5.11. The minimum atomic E-state index is 0.280. The summed E-state index contributed by atoms with van der Waals surface area (Å²) >= 11 is 1.72. The number of rotatable bonds is 4. The second-order valence-corrected chi connectivity index (χ2v) is 5.64. The van der Waals surface area contributed by atoms with E-state index in [1.807, 2.05) is 18.2 Å². The van der Waals surface area contributed by atoms with E-state index in [1.54, 1.807) is 11.3 Å². The van der Waals surface area contributed by atoms with Crippen molar-refractivity contribution >= 4 is 11.3 Å². The van der Waals surface area contributed by atoms with Crippen molar-refractivity contribution in [3.63, 3.8) is 0 Å². The Kier molecular flexibility index (Phi) is 3.31. The summed E-state index contributed by atoms with van der Waals surface area (Å²) in [4.78, 5) is 2.43. The molecule has 100 valence electrons. The lowest BCUT2D eigenvalue weighted by Gasteiger charge is -2.06. The molecule has 2 aromatic rings. The molecule has 19 heavy (non-hydrogen) atoms. The van der Waals surface area contributed by atoms with Crippen LogP contribution in [0.1, 0.15) is 15.3 Å². The molecule has 5 heteroatoms. The first-order chi connectivity index (χ1) is 9.26. The predicted molar refractivity (Wildman–Crippen MR) is 73.8 cm³/mol. The van der Waals surface area contributed by atoms with Crippen LogP contribution in [-0.2, 0) is 13.2 Å². The molecule has 0 atom stereocenters. The lowest BCUT2D eigenvalue weighted by Crippen LogP contribution is -1.96. The van der Waals surface area contributed by atoms with Gasteiger partial charge in [0.1, 0.15) is 12.4 Å². The highest BCUT2D eigenvalue weighted by Crippen LogP contribution is 2.35. The summed E-state index contributed by atoms with van der Waals surface area (Å²) in [6.45, 7) is 3.49. The zero-order valence-corrected chi connectivity index (χ0v) is 11.5. The van der Waals surface area contributed by atoms with E-state index < -0.39 is 0 Å². The van der Waals surface area contributed by atoms with Crippen LogP contribution in [-0.4, -0.2) is 6.79 Å². The molecule has 3 rings (SSSR count). The Hall–Kier alpha value is -1.72. The lowest BCUT2D eigenvalue weighted by molar-refractivity contribution is 0.173. The summed E-state index contributed by atoms with van der Waals surface area (Å²) in [5, 5.41) is 0. The van der Waals surface area contributed by atoms with Gasteiger partial charge in [0.15, 0.2) is 11.5 Å². The van der Waals surface area contributed by atoms with Gasteiger partial charge >= 0.3 is 0 Å². The molecule has 0 unspecified atom stereocenters. The highest BCUT2D eigenvalue weighted by molar-refractivity contribution is 7.12. The molecule has 0 bridgehead atoms. The Labute approximate surface area is 115 Å². The van der Waals surface area contributed by atoms with Gasteiger partial charge in [-0.25, -0.2) is 0 Å². The van der Waals surface area contributed by atoms with Crippen LogP contribution in [0, 0.1) is 6.92 Å². The second-order valence-electron chi connectivity index (χ2n) is 4.30. The fraction of sp³-hybridized carbons (Fsp3) is 0.286. The Morgan fingerprint density at radius 3 is 2.89 bits per heavy atom. The van der Waals surface area contributed by atoms with E-state index in [-0.39, 0.29) is 6.79 Å². The average Bonchev–Trinajstić information content (AvgIpc) is 3.02. The number of hydrogen-bond acceptors (Lipinski definition) is 5. The average molecular weight is 277 g/mol. The van der Waals surface area contributed by atoms with Gasteiger partial charge in [0.05, 0.1) is 0 Å². The van der Waals surface area contributed by atoms with Gasteiger partial charge in [-0.15, -0.1) is 11.3 Å². The molecule has 1 aromatic carbocycles. The van der Waals surface area contributed by atoms with Crippen molar-refractivity contribution in [2.24, 2.45) is 5.73 Å². The minimum absolute atomic E-state index is 0.280. The summed E-state index contributed by atoms with van der Waals surface area (Å²) in [5.41, 5.74) is 6.82. The summed E-state index contributed by atoms with van der Waals surface area (Å²) in [6.07, 6.45) is 0. The maximum absolute atomic E-state index is 5.79. The number of ether oxygens (including phenoxy) is 3. The smallest absolute Gasteiger partial charge is 0.231 e. The topological polar surface area (TPSA) is 53.7 Å². The zero-order chi connectivity index (χ0) is 13.2. The maximum Gasteiger partial charge on any atom is 0.231 e. The first-order valence-electron chi connectivity index (χ1n) is 6.07. The highest BCUT2D eigenvalue weighted by Gasteiger charge is 2.14. The van der Waals surface area contributed by atoms with Crippen molar-refractivity contribution in [2.75, 3.05) is 6.79 Å². The van der Waals surface area contributed by atoms with Crippen LogP contribution < -0.4 is 19.9 Å². The van der Waals surface area contributed by atoms with Gasteiger partial charge in [-0.2, -0.15) is 0 Å². The maximum atomic E-state index is 5.79. The van der Waals surface area contributed by atoms with Crippen LogP contribution in [0.4, 0.5) is 0 Å². The predicted octanol–water partition coefficient (Wildman–Crippen LogP) is 2.82. The van der Waals surface area contributed by atoms with Crippen molar-refractivity contribution in [2.45, 2.75) is 20.1 Å². The summed E-state index contributed by atoms with van der Waals surface area (Å²) in [7, 11) is 0. The third-order valence-electron chi connectivity index (χ3n) is 3.01.